The fraction of sp³-hybridized carbons (Fsp3) is 0.250. The fourth-order valence-corrected chi connectivity index (χ4v) is 1.74. The van der Waals surface area contributed by atoms with Crippen molar-refractivity contribution in [2.45, 2.75) is 13.0 Å². The van der Waals surface area contributed by atoms with E-state index < -0.39 is 6.10 Å². The molecule has 1 aromatic carbocycles. The molecule has 1 atom stereocenters. The molecule has 0 radical (unpaired) electrons. The zero-order chi connectivity index (χ0) is 9.30. The Morgan fingerprint density at radius 1 is 1.50 bits per heavy atom. The Balaban J connectivity index is 3.28. The number of halogens is 2. The summed E-state index contributed by atoms with van der Waals surface area (Å²) in [4.78, 5) is 0. The molecule has 66 valence electrons. The van der Waals surface area contributed by atoms with Crippen LogP contribution in [0.25, 0.3) is 0 Å². The molecular weight excluding hydrogens is 243 g/mol. The molecule has 1 aromatic rings. The van der Waals surface area contributed by atoms with Gasteiger partial charge in [0, 0.05) is 10.6 Å². The average molecular weight is 252 g/mol. The van der Waals surface area contributed by atoms with Crippen LogP contribution in [0.2, 0.25) is 5.02 Å². The molecule has 1 rings (SSSR count). The maximum absolute atomic E-state index is 9.43. The summed E-state index contributed by atoms with van der Waals surface area (Å²) < 4.78 is 0.492. The van der Waals surface area contributed by atoms with Crippen LogP contribution in [0.15, 0.2) is 16.6 Å². The maximum atomic E-state index is 9.43. The Bertz CT molecular complexity index is 299. The summed E-state index contributed by atoms with van der Waals surface area (Å²) in [6, 6.07) is 3.11. The van der Waals surface area contributed by atoms with Crippen molar-refractivity contribution >= 4 is 27.5 Å². The third kappa shape index (κ3) is 1.91. The molecule has 2 N–H and O–H groups in total. The Labute approximate surface area is 83.9 Å². The van der Waals surface area contributed by atoms with Gasteiger partial charge in [0.05, 0.1) is 10.6 Å². The average Bonchev–Trinajstić information content (AvgIpc) is 1.96. The number of hydrogen-bond acceptors (Lipinski definition) is 2. The Kier molecular flexibility index (Phi) is 2.99. The molecule has 0 heterocycles. The monoisotopic (exact) mass is 250 g/mol. The second-order valence-corrected chi connectivity index (χ2v) is 3.79. The number of phenols is 1. The van der Waals surface area contributed by atoms with Gasteiger partial charge in [0.25, 0.3) is 0 Å². The smallest absolute Gasteiger partial charge is 0.135 e. The summed E-state index contributed by atoms with van der Waals surface area (Å²) in [5, 5.41) is 19.1. The van der Waals surface area contributed by atoms with Crippen LogP contribution in [0.3, 0.4) is 0 Å². The van der Waals surface area contributed by atoms with Crippen molar-refractivity contribution in [3.8, 4) is 5.75 Å². The first kappa shape index (κ1) is 9.84. The van der Waals surface area contributed by atoms with Gasteiger partial charge in [-0.25, -0.2) is 0 Å². The summed E-state index contributed by atoms with van der Waals surface area (Å²) in [6.45, 7) is 1.57. The van der Waals surface area contributed by atoms with Crippen LogP contribution in [0, 0.1) is 0 Å². The zero-order valence-corrected chi connectivity index (χ0v) is 8.72. The fourth-order valence-electron chi connectivity index (χ4n) is 0.904. The first-order valence-corrected chi connectivity index (χ1v) is 4.55. The van der Waals surface area contributed by atoms with Crippen molar-refractivity contribution in [2.24, 2.45) is 0 Å². The van der Waals surface area contributed by atoms with Crippen LogP contribution in [-0.2, 0) is 0 Å². The minimum Gasteiger partial charge on any atom is -0.506 e. The molecular formula is C8H8BrClO2. The Morgan fingerprint density at radius 3 is 2.58 bits per heavy atom. The summed E-state index contributed by atoms with van der Waals surface area (Å²) >= 11 is 8.83. The van der Waals surface area contributed by atoms with E-state index in [1.807, 2.05) is 0 Å². The Morgan fingerprint density at radius 2 is 2.08 bits per heavy atom. The quantitative estimate of drug-likeness (QED) is 0.806. The SMILES string of the molecule is CC(O)c1cc(Cl)cc(Br)c1O. The standard InChI is InChI=1S/C8H8BrClO2/c1-4(11)6-2-5(10)3-7(9)8(6)12/h2-4,11-12H,1H3. The first-order valence-electron chi connectivity index (χ1n) is 3.38. The lowest BCUT2D eigenvalue weighted by Crippen LogP contribution is -1.91. The van der Waals surface area contributed by atoms with E-state index >= 15 is 0 Å². The summed E-state index contributed by atoms with van der Waals surface area (Å²) in [6.07, 6.45) is -0.722. The molecule has 4 heteroatoms. The minimum absolute atomic E-state index is 0.0365. The topological polar surface area (TPSA) is 40.5 Å². The van der Waals surface area contributed by atoms with Crippen LogP contribution >= 0.6 is 27.5 Å². The molecule has 0 aliphatic carbocycles. The summed E-state index contributed by atoms with van der Waals surface area (Å²) in [5.41, 5.74) is 0.425. The van der Waals surface area contributed by atoms with E-state index in [0.29, 0.717) is 15.1 Å². The lowest BCUT2D eigenvalue weighted by atomic mass is 10.1. The van der Waals surface area contributed by atoms with Crippen molar-refractivity contribution < 1.29 is 10.2 Å². The van der Waals surface area contributed by atoms with Gasteiger partial charge in [-0.1, -0.05) is 11.6 Å². The largest absolute Gasteiger partial charge is 0.506 e. The molecule has 0 amide bonds. The lowest BCUT2D eigenvalue weighted by Gasteiger charge is -2.09. The molecule has 0 saturated carbocycles. The normalized spacial score (nSPS) is 13.0. The predicted molar refractivity (Wildman–Crippen MR) is 51.5 cm³/mol. The van der Waals surface area contributed by atoms with Gasteiger partial charge in [-0.2, -0.15) is 0 Å². The van der Waals surface area contributed by atoms with Crippen molar-refractivity contribution in [2.75, 3.05) is 0 Å². The number of aliphatic hydroxyl groups is 1. The van der Waals surface area contributed by atoms with E-state index in [9.17, 15) is 10.2 Å². The molecule has 2 nitrogen and oxygen atoms in total. The van der Waals surface area contributed by atoms with Gasteiger partial charge < -0.3 is 10.2 Å². The highest BCUT2D eigenvalue weighted by atomic mass is 79.9. The third-order valence-corrected chi connectivity index (χ3v) is 2.33. The van der Waals surface area contributed by atoms with E-state index in [0.717, 1.165) is 0 Å². The lowest BCUT2D eigenvalue weighted by molar-refractivity contribution is 0.195. The van der Waals surface area contributed by atoms with Crippen LogP contribution in [0.4, 0.5) is 0 Å². The molecule has 0 aromatic heterocycles. The molecule has 0 aliphatic rings. The Hall–Kier alpha value is -0.250. The highest BCUT2D eigenvalue weighted by Crippen LogP contribution is 2.34. The number of phenolic OH excluding ortho intramolecular Hbond substituents is 1. The van der Waals surface area contributed by atoms with Crippen LogP contribution in [0.5, 0.6) is 5.75 Å². The highest BCUT2D eigenvalue weighted by molar-refractivity contribution is 9.10. The van der Waals surface area contributed by atoms with Crippen LogP contribution < -0.4 is 0 Å². The van der Waals surface area contributed by atoms with Crippen molar-refractivity contribution in [3.63, 3.8) is 0 Å². The number of aliphatic hydroxyl groups excluding tert-OH is 1. The van der Waals surface area contributed by atoms with Crippen LogP contribution in [0.1, 0.15) is 18.6 Å². The molecule has 0 saturated heterocycles. The van der Waals surface area contributed by atoms with Gasteiger partial charge in [-0.05, 0) is 35.0 Å². The van der Waals surface area contributed by atoms with Crippen LogP contribution in [-0.4, -0.2) is 10.2 Å². The molecule has 0 bridgehead atoms. The second kappa shape index (κ2) is 3.64. The summed E-state index contributed by atoms with van der Waals surface area (Å²) in [5.74, 6) is 0.0365. The predicted octanol–water partition coefficient (Wildman–Crippen LogP) is 2.86. The van der Waals surface area contributed by atoms with Crippen molar-refractivity contribution in [3.05, 3.63) is 27.2 Å². The number of aromatic hydroxyl groups is 1. The van der Waals surface area contributed by atoms with Crippen molar-refractivity contribution in [1.29, 1.82) is 0 Å². The van der Waals surface area contributed by atoms with E-state index in [1.54, 1.807) is 13.0 Å². The molecule has 0 aliphatic heterocycles. The van der Waals surface area contributed by atoms with Gasteiger partial charge in [0.15, 0.2) is 0 Å². The molecule has 12 heavy (non-hydrogen) atoms. The van der Waals surface area contributed by atoms with Crippen molar-refractivity contribution in [1.82, 2.24) is 0 Å². The van der Waals surface area contributed by atoms with Gasteiger partial charge >= 0.3 is 0 Å². The summed E-state index contributed by atoms with van der Waals surface area (Å²) in [7, 11) is 0. The van der Waals surface area contributed by atoms with E-state index in [-0.39, 0.29) is 5.75 Å². The van der Waals surface area contributed by atoms with Gasteiger partial charge in [0.2, 0.25) is 0 Å². The molecule has 1 unspecified atom stereocenters. The number of benzene rings is 1. The first-order chi connectivity index (χ1) is 5.52. The molecule has 0 fully saturated rings. The number of hydrogen-bond donors (Lipinski definition) is 2. The van der Waals surface area contributed by atoms with E-state index in [2.05, 4.69) is 15.9 Å². The number of rotatable bonds is 1. The third-order valence-electron chi connectivity index (χ3n) is 1.51. The van der Waals surface area contributed by atoms with Gasteiger partial charge in [0.1, 0.15) is 5.75 Å². The van der Waals surface area contributed by atoms with E-state index in [1.165, 1.54) is 6.07 Å². The maximum Gasteiger partial charge on any atom is 0.135 e. The van der Waals surface area contributed by atoms with Gasteiger partial charge in [-0.15, -0.1) is 0 Å². The minimum atomic E-state index is -0.722. The van der Waals surface area contributed by atoms with E-state index in [4.69, 9.17) is 11.6 Å². The second-order valence-electron chi connectivity index (χ2n) is 2.50. The molecule has 0 spiro atoms. The zero-order valence-electron chi connectivity index (χ0n) is 6.38. The van der Waals surface area contributed by atoms with Gasteiger partial charge in [-0.3, -0.25) is 0 Å². The highest BCUT2D eigenvalue weighted by Gasteiger charge is 2.11.